The molecule has 3 rings (SSSR count). The van der Waals surface area contributed by atoms with Gasteiger partial charge in [-0.25, -0.2) is 0 Å². The highest BCUT2D eigenvalue weighted by molar-refractivity contribution is 6.40. The fraction of sp³-hybridized carbons (Fsp3) is 1.00. The summed E-state index contributed by atoms with van der Waals surface area (Å²) in [6.45, 7) is 7.31. The van der Waals surface area contributed by atoms with Crippen LogP contribution in [0.4, 0.5) is 0 Å². The van der Waals surface area contributed by atoms with Crippen molar-refractivity contribution in [3.8, 4) is 0 Å². The quantitative estimate of drug-likeness (QED) is 0.638. The van der Waals surface area contributed by atoms with Crippen molar-refractivity contribution in [2.45, 2.75) is 64.5 Å². The average molecular weight is 218 g/mol. The molecule has 0 aromatic rings. The highest BCUT2D eigenvalue weighted by atomic mass is 14.5. The molecule has 2 bridgehead atoms. The molecule has 0 aromatic carbocycles. The third kappa shape index (κ3) is 1.97. The van der Waals surface area contributed by atoms with E-state index in [1.807, 2.05) is 0 Å². The average Bonchev–Trinajstić information content (AvgIpc) is 2.48. The lowest BCUT2D eigenvalue weighted by Crippen LogP contribution is -2.39. The zero-order valence-corrected chi connectivity index (χ0v) is 12.0. The molecule has 1 unspecified atom stereocenters. The molecule has 3 fully saturated rings. The Morgan fingerprint density at radius 3 is 2.19 bits per heavy atom. The van der Waals surface area contributed by atoms with Crippen LogP contribution in [0.15, 0.2) is 0 Å². The van der Waals surface area contributed by atoms with Crippen molar-refractivity contribution in [1.29, 1.82) is 0 Å². The van der Waals surface area contributed by atoms with Crippen molar-refractivity contribution in [2.75, 3.05) is 0 Å². The first kappa shape index (κ1) is 12.6. The van der Waals surface area contributed by atoms with Crippen LogP contribution in [0, 0.1) is 23.2 Å². The monoisotopic (exact) mass is 218 g/mol. The van der Waals surface area contributed by atoms with Gasteiger partial charge < -0.3 is 0 Å². The third-order valence-corrected chi connectivity index (χ3v) is 6.52. The molecule has 3 aliphatic rings. The molecule has 0 spiro atoms. The Labute approximate surface area is 104 Å². The molecule has 0 aliphatic heterocycles. The molecular formula is C14H28B2. The zero-order valence-electron chi connectivity index (χ0n) is 12.0. The summed E-state index contributed by atoms with van der Waals surface area (Å²) >= 11 is 0. The first-order valence-electron chi connectivity index (χ1n) is 7.37. The molecule has 16 heavy (non-hydrogen) atoms. The molecule has 2 heteroatoms. The summed E-state index contributed by atoms with van der Waals surface area (Å²) in [5, 5.41) is 0.513. The molecule has 90 valence electrons. The minimum atomic E-state index is 0.492. The Kier molecular flexibility index (Phi) is 3.23. The fourth-order valence-electron chi connectivity index (χ4n) is 3.92. The Balaban J connectivity index is 2.10. The Morgan fingerprint density at radius 2 is 1.62 bits per heavy atom. The van der Waals surface area contributed by atoms with Gasteiger partial charge in [0.15, 0.2) is 0 Å². The van der Waals surface area contributed by atoms with Gasteiger partial charge in [-0.3, -0.25) is 0 Å². The Morgan fingerprint density at radius 1 is 1.00 bits per heavy atom. The van der Waals surface area contributed by atoms with E-state index < -0.39 is 0 Å². The number of hydrogen-bond acceptors (Lipinski definition) is 0. The maximum Gasteiger partial charge on any atom is 0.100 e. The lowest BCUT2D eigenvalue weighted by Gasteiger charge is -2.48. The van der Waals surface area contributed by atoms with Gasteiger partial charge in [0.05, 0.1) is 0 Å². The molecule has 0 radical (unpaired) electrons. The number of rotatable bonds is 3. The van der Waals surface area contributed by atoms with Gasteiger partial charge in [0.1, 0.15) is 15.7 Å². The van der Waals surface area contributed by atoms with E-state index in [2.05, 4.69) is 36.5 Å². The minimum Gasteiger partial charge on any atom is -0.0769 e. The van der Waals surface area contributed by atoms with Crippen molar-refractivity contribution in [2.24, 2.45) is 23.2 Å². The van der Waals surface area contributed by atoms with Gasteiger partial charge >= 0.3 is 0 Å². The predicted molar refractivity (Wildman–Crippen MR) is 77.4 cm³/mol. The van der Waals surface area contributed by atoms with Crippen LogP contribution >= 0.6 is 0 Å². The standard InChI is InChI=1S/C14H28B2/c1-4-13(2,3)14(15,16)12-6-5-10-7-11(8-10)9-12/h10-12H,4-9,15-16H2,1-3H3. The molecule has 0 heterocycles. The second kappa shape index (κ2) is 4.10. The van der Waals surface area contributed by atoms with Crippen LogP contribution in [-0.4, -0.2) is 15.7 Å². The van der Waals surface area contributed by atoms with Crippen LogP contribution in [0.1, 0.15) is 59.3 Å². The number of fused-ring (bicyclic) bond motifs is 3. The topological polar surface area (TPSA) is 0 Å². The van der Waals surface area contributed by atoms with Gasteiger partial charge in [-0.1, -0.05) is 45.2 Å². The summed E-state index contributed by atoms with van der Waals surface area (Å²) < 4.78 is 0. The van der Waals surface area contributed by atoms with E-state index in [0.717, 1.165) is 17.8 Å². The van der Waals surface area contributed by atoms with Gasteiger partial charge in [-0.2, -0.15) is 0 Å². The molecule has 0 N–H and O–H groups in total. The van der Waals surface area contributed by atoms with Gasteiger partial charge in [0, 0.05) is 0 Å². The lowest BCUT2D eigenvalue weighted by molar-refractivity contribution is 0.169. The summed E-state index contributed by atoms with van der Waals surface area (Å²) in [5.74, 6) is 3.17. The van der Waals surface area contributed by atoms with Crippen molar-refractivity contribution in [3.63, 3.8) is 0 Å². The van der Waals surface area contributed by atoms with Crippen LogP contribution < -0.4 is 0 Å². The minimum absolute atomic E-state index is 0.492. The van der Waals surface area contributed by atoms with Crippen LogP contribution in [0.25, 0.3) is 0 Å². The van der Waals surface area contributed by atoms with Gasteiger partial charge in [0.2, 0.25) is 0 Å². The summed E-state index contributed by atoms with van der Waals surface area (Å²) in [7, 11) is 5.06. The van der Waals surface area contributed by atoms with Crippen molar-refractivity contribution in [1.82, 2.24) is 0 Å². The van der Waals surface area contributed by atoms with Gasteiger partial charge in [-0.05, 0) is 42.4 Å². The maximum absolute atomic E-state index is 2.53. The normalized spacial score (nSPS) is 35.3. The largest absolute Gasteiger partial charge is 0.100 e. The maximum atomic E-state index is 2.53. The van der Waals surface area contributed by atoms with Crippen LogP contribution in [0.2, 0.25) is 5.21 Å². The highest BCUT2D eigenvalue weighted by Crippen LogP contribution is 2.56. The van der Waals surface area contributed by atoms with Gasteiger partial charge in [0.25, 0.3) is 0 Å². The zero-order chi connectivity index (χ0) is 12.0. The molecule has 0 aromatic heterocycles. The molecule has 0 amide bonds. The Hall–Kier alpha value is 0.130. The van der Waals surface area contributed by atoms with Crippen molar-refractivity contribution in [3.05, 3.63) is 0 Å². The summed E-state index contributed by atoms with van der Waals surface area (Å²) in [6.07, 6.45) is 8.96. The summed E-state index contributed by atoms with van der Waals surface area (Å²) in [6, 6.07) is 0. The van der Waals surface area contributed by atoms with E-state index in [1.54, 1.807) is 12.8 Å². The van der Waals surface area contributed by atoms with E-state index in [4.69, 9.17) is 0 Å². The molecule has 3 aliphatic carbocycles. The van der Waals surface area contributed by atoms with Crippen LogP contribution in [0.3, 0.4) is 0 Å². The Bertz CT molecular complexity index is 251. The molecule has 0 nitrogen and oxygen atoms in total. The first-order chi connectivity index (χ1) is 7.37. The predicted octanol–water partition coefficient (Wildman–Crippen LogP) is 2.63. The van der Waals surface area contributed by atoms with Crippen LogP contribution in [0.5, 0.6) is 0 Å². The van der Waals surface area contributed by atoms with E-state index in [0.29, 0.717) is 10.6 Å². The molecule has 1 atom stereocenters. The fourth-order valence-corrected chi connectivity index (χ4v) is 3.92. The summed E-state index contributed by atoms with van der Waals surface area (Å²) in [5.41, 5.74) is 0.492. The third-order valence-electron chi connectivity index (χ3n) is 6.52. The molecule has 0 saturated heterocycles. The van der Waals surface area contributed by atoms with Crippen molar-refractivity contribution < 1.29 is 0 Å². The van der Waals surface area contributed by atoms with E-state index in [9.17, 15) is 0 Å². The van der Waals surface area contributed by atoms with Crippen LogP contribution in [-0.2, 0) is 0 Å². The highest BCUT2D eigenvalue weighted by Gasteiger charge is 2.45. The smallest absolute Gasteiger partial charge is 0.0769 e. The molecule has 3 saturated carbocycles. The van der Waals surface area contributed by atoms with Gasteiger partial charge in [-0.15, -0.1) is 0 Å². The number of hydrogen-bond donors (Lipinski definition) is 0. The second-order valence-corrected chi connectivity index (χ2v) is 7.67. The van der Waals surface area contributed by atoms with E-state index >= 15 is 0 Å². The van der Waals surface area contributed by atoms with E-state index in [1.165, 1.54) is 25.7 Å². The second-order valence-electron chi connectivity index (χ2n) is 7.67. The van der Waals surface area contributed by atoms with E-state index in [-0.39, 0.29) is 0 Å². The molecular weight excluding hydrogens is 190 g/mol. The lowest BCUT2D eigenvalue weighted by atomic mass is 9.37. The SMILES string of the molecule is BC(B)(C1CCC2CC(C2)C1)C(C)(C)CC. The summed E-state index contributed by atoms with van der Waals surface area (Å²) in [4.78, 5) is 0. The van der Waals surface area contributed by atoms with Crippen molar-refractivity contribution >= 4 is 15.7 Å². The first-order valence-corrected chi connectivity index (χ1v) is 7.37.